The van der Waals surface area contributed by atoms with Gasteiger partial charge >= 0.3 is 0 Å². The molecule has 26 heavy (non-hydrogen) atoms. The van der Waals surface area contributed by atoms with Gasteiger partial charge < -0.3 is 19.5 Å². The second-order valence-electron chi connectivity index (χ2n) is 5.45. The first-order valence-electron chi connectivity index (χ1n) is 8.01. The second-order valence-corrected chi connectivity index (χ2v) is 5.45. The highest BCUT2D eigenvalue weighted by Crippen LogP contribution is 2.12. The number of non-ortho nitro benzene ring substituents is 1. The Balaban J connectivity index is 1.63. The molecule has 8 nitrogen and oxygen atoms in total. The quantitative estimate of drug-likeness (QED) is 0.292. The first kappa shape index (κ1) is 17.3. The van der Waals surface area contributed by atoms with Crippen LogP contribution in [0, 0.1) is 10.1 Å². The maximum atomic E-state index is 10.7. The fourth-order valence-electron chi connectivity index (χ4n) is 2.24. The van der Waals surface area contributed by atoms with Crippen molar-refractivity contribution in [2.45, 2.75) is 19.6 Å². The number of aliphatic imine (C=N–C) groups is 1. The van der Waals surface area contributed by atoms with Crippen molar-refractivity contribution in [1.29, 1.82) is 0 Å². The molecular formula is C18H18N4O4. The van der Waals surface area contributed by atoms with Crippen molar-refractivity contribution in [3.8, 4) is 0 Å². The van der Waals surface area contributed by atoms with E-state index in [9.17, 15) is 10.1 Å². The number of nitrogens with one attached hydrogen (secondary N) is 2. The molecular weight excluding hydrogens is 336 g/mol. The molecule has 3 rings (SSSR count). The zero-order valence-corrected chi connectivity index (χ0v) is 13.9. The summed E-state index contributed by atoms with van der Waals surface area (Å²) in [5.41, 5.74) is 0.928. The Kier molecular flexibility index (Phi) is 5.66. The average molecular weight is 354 g/mol. The molecule has 0 spiro atoms. The molecule has 0 aliphatic heterocycles. The number of furan rings is 2. The Morgan fingerprint density at radius 2 is 1.54 bits per heavy atom. The summed E-state index contributed by atoms with van der Waals surface area (Å²) in [5.74, 6) is 2.15. The molecule has 2 N–H and O–H groups in total. The van der Waals surface area contributed by atoms with Gasteiger partial charge in [-0.2, -0.15) is 0 Å². The van der Waals surface area contributed by atoms with Crippen molar-refractivity contribution in [2.24, 2.45) is 4.99 Å². The number of rotatable bonds is 7. The van der Waals surface area contributed by atoms with E-state index < -0.39 is 4.92 Å². The van der Waals surface area contributed by atoms with E-state index >= 15 is 0 Å². The summed E-state index contributed by atoms with van der Waals surface area (Å²) >= 11 is 0. The van der Waals surface area contributed by atoms with Gasteiger partial charge in [-0.15, -0.1) is 0 Å². The molecule has 0 amide bonds. The number of benzene rings is 1. The number of guanidine groups is 1. The predicted octanol–water partition coefficient (Wildman–Crippen LogP) is 3.22. The molecule has 0 saturated heterocycles. The maximum absolute atomic E-state index is 10.7. The zero-order valence-electron chi connectivity index (χ0n) is 13.9. The first-order chi connectivity index (χ1) is 12.7. The van der Waals surface area contributed by atoms with Crippen LogP contribution in [0.3, 0.4) is 0 Å². The van der Waals surface area contributed by atoms with E-state index in [1.165, 1.54) is 12.1 Å². The molecule has 0 radical (unpaired) electrons. The molecule has 0 atom stereocenters. The van der Waals surface area contributed by atoms with E-state index in [0.29, 0.717) is 25.6 Å². The van der Waals surface area contributed by atoms with Gasteiger partial charge in [0.15, 0.2) is 5.96 Å². The van der Waals surface area contributed by atoms with Gasteiger partial charge in [0.2, 0.25) is 0 Å². The zero-order chi connectivity index (χ0) is 18.2. The number of nitrogens with zero attached hydrogens (tertiary/aromatic N) is 2. The lowest BCUT2D eigenvalue weighted by Gasteiger charge is -2.11. The lowest BCUT2D eigenvalue weighted by molar-refractivity contribution is -0.384. The van der Waals surface area contributed by atoms with Gasteiger partial charge in [0.1, 0.15) is 11.5 Å². The summed E-state index contributed by atoms with van der Waals surface area (Å²) < 4.78 is 10.6. The van der Waals surface area contributed by atoms with Crippen molar-refractivity contribution in [3.05, 3.63) is 88.3 Å². The fraction of sp³-hybridized carbons (Fsp3) is 0.167. The van der Waals surface area contributed by atoms with Gasteiger partial charge in [-0.25, -0.2) is 4.99 Å². The number of hydrogen-bond acceptors (Lipinski definition) is 5. The molecule has 8 heteroatoms. The molecule has 0 aliphatic carbocycles. The van der Waals surface area contributed by atoms with Gasteiger partial charge in [-0.05, 0) is 29.8 Å². The van der Waals surface area contributed by atoms with Crippen LogP contribution in [0.1, 0.15) is 17.1 Å². The van der Waals surface area contributed by atoms with E-state index in [2.05, 4.69) is 15.6 Å². The molecule has 0 bridgehead atoms. The highest BCUT2D eigenvalue weighted by atomic mass is 16.6. The van der Waals surface area contributed by atoms with Crippen molar-refractivity contribution in [3.63, 3.8) is 0 Å². The highest BCUT2D eigenvalue weighted by Gasteiger charge is 2.05. The monoisotopic (exact) mass is 354 g/mol. The largest absolute Gasteiger partial charge is 0.467 e. The normalized spacial score (nSPS) is 10.3. The second kappa shape index (κ2) is 8.52. The molecule has 0 unspecified atom stereocenters. The summed E-state index contributed by atoms with van der Waals surface area (Å²) in [6.07, 6.45) is 3.22. The van der Waals surface area contributed by atoms with E-state index in [-0.39, 0.29) is 5.69 Å². The Morgan fingerprint density at radius 3 is 2.00 bits per heavy atom. The van der Waals surface area contributed by atoms with Crippen LogP contribution >= 0.6 is 0 Å². The first-order valence-corrected chi connectivity index (χ1v) is 8.01. The molecule has 0 saturated carbocycles. The Morgan fingerprint density at radius 1 is 0.962 bits per heavy atom. The number of nitro groups is 1. The van der Waals surface area contributed by atoms with Crippen LogP contribution in [-0.2, 0) is 19.6 Å². The average Bonchev–Trinajstić information content (AvgIpc) is 3.35. The summed E-state index contributed by atoms with van der Waals surface area (Å²) in [6, 6.07) is 13.7. The van der Waals surface area contributed by atoms with E-state index in [1.807, 2.05) is 24.3 Å². The molecule has 0 fully saturated rings. The molecule has 2 aromatic heterocycles. The number of hydrogen-bond donors (Lipinski definition) is 2. The smallest absolute Gasteiger partial charge is 0.269 e. The standard InChI is InChI=1S/C18H18N4O4/c23-22(24)15-7-5-14(6-8-15)11-19-18(20-12-16-3-1-9-25-16)21-13-17-4-2-10-26-17/h1-10H,11-13H2,(H2,19,20,21). The summed E-state index contributed by atoms with van der Waals surface area (Å²) in [4.78, 5) is 14.8. The van der Waals surface area contributed by atoms with Crippen molar-refractivity contribution < 1.29 is 13.8 Å². The predicted molar refractivity (Wildman–Crippen MR) is 95.3 cm³/mol. The SMILES string of the molecule is O=[N+]([O-])c1ccc(CN=C(NCc2ccco2)NCc2ccco2)cc1. The molecule has 1 aromatic carbocycles. The van der Waals surface area contributed by atoms with Gasteiger partial charge in [0.05, 0.1) is 37.1 Å². The number of nitro benzene ring substituents is 1. The third-order valence-electron chi connectivity index (χ3n) is 3.59. The topological polar surface area (TPSA) is 106 Å². The van der Waals surface area contributed by atoms with Crippen molar-refractivity contribution in [2.75, 3.05) is 0 Å². The van der Waals surface area contributed by atoms with Crippen LogP contribution in [0.5, 0.6) is 0 Å². The van der Waals surface area contributed by atoms with Crippen LogP contribution in [0.15, 0.2) is 74.9 Å². The van der Waals surface area contributed by atoms with E-state index in [1.54, 1.807) is 24.7 Å². The van der Waals surface area contributed by atoms with Crippen molar-refractivity contribution in [1.82, 2.24) is 10.6 Å². The van der Waals surface area contributed by atoms with Crippen LogP contribution in [0.2, 0.25) is 0 Å². The minimum Gasteiger partial charge on any atom is -0.467 e. The maximum Gasteiger partial charge on any atom is 0.269 e. The lowest BCUT2D eigenvalue weighted by Crippen LogP contribution is -2.36. The van der Waals surface area contributed by atoms with Crippen LogP contribution in [-0.4, -0.2) is 10.9 Å². The van der Waals surface area contributed by atoms with Crippen molar-refractivity contribution >= 4 is 11.6 Å². The summed E-state index contributed by atoms with van der Waals surface area (Å²) in [5, 5.41) is 17.1. The van der Waals surface area contributed by atoms with Gasteiger partial charge in [0, 0.05) is 12.1 Å². The highest BCUT2D eigenvalue weighted by molar-refractivity contribution is 5.79. The van der Waals surface area contributed by atoms with E-state index in [0.717, 1.165) is 17.1 Å². The summed E-state index contributed by atoms with van der Waals surface area (Å²) in [6.45, 7) is 1.35. The van der Waals surface area contributed by atoms with Crippen LogP contribution < -0.4 is 10.6 Å². The lowest BCUT2D eigenvalue weighted by atomic mass is 10.2. The summed E-state index contributed by atoms with van der Waals surface area (Å²) in [7, 11) is 0. The minimum absolute atomic E-state index is 0.0600. The fourth-order valence-corrected chi connectivity index (χ4v) is 2.24. The third-order valence-corrected chi connectivity index (χ3v) is 3.59. The molecule has 134 valence electrons. The Bertz CT molecular complexity index is 800. The Labute approximate surface area is 149 Å². The molecule has 2 heterocycles. The molecule has 0 aliphatic rings. The van der Waals surface area contributed by atoms with Crippen LogP contribution in [0.4, 0.5) is 5.69 Å². The third kappa shape index (κ3) is 4.97. The van der Waals surface area contributed by atoms with Gasteiger partial charge in [0.25, 0.3) is 5.69 Å². The van der Waals surface area contributed by atoms with Gasteiger partial charge in [-0.1, -0.05) is 12.1 Å². The van der Waals surface area contributed by atoms with Gasteiger partial charge in [-0.3, -0.25) is 10.1 Å². The van der Waals surface area contributed by atoms with Crippen LogP contribution in [0.25, 0.3) is 0 Å². The Hall–Kier alpha value is -3.55. The molecule has 3 aromatic rings. The van der Waals surface area contributed by atoms with E-state index in [4.69, 9.17) is 8.83 Å². The minimum atomic E-state index is -0.422.